The van der Waals surface area contributed by atoms with Crippen molar-refractivity contribution in [1.29, 1.82) is 0 Å². The number of piperidine rings is 1. The fraction of sp³-hybridized carbons (Fsp3) is 0.455. The molecule has 0 bridgehead atoms. The molecule has 1 aromatic carbocycles. The van der Waals surface area contributed by atoms with E-state index in [1.807, 2.05) is 38.1 Å². The largest absolute Gasteiger partial charge is 0.346 e. The van der Waals surface area contributed by atoms with Crippen molar-refractivity contribution in [2.24, 2.45) is 5.92 Å². The highest BCUT2D eigenvalue weighted by Gasteiger charge is 2.28. The molecular weight excluding hydrogens is 432 g/mol. The third-order valence-corrected chi connectivity index (χ3v) is 9.02. The third kappa shape index (κ3) is 4.83. The van der Waals surface area contributed by atoms with Crippen molar-refractivity contribution in [1.82, 2.24) is 19.6 Å². The van der Waals surface area contributed by atoms with E-state index in [1.165, 1.54) is 11.3 Å². The van der Waals surface area contributed by atoms with E-state index >= 15 is 0 Å². The van der Waals surface area contributed by atoms with Crippen LogP contribution in [0.3, 0.4) is 0 Å². The molecule has 2 N–H and O–H groups in total. The SMILES string of the molecule is CC(C)C(NC(=O)Cc1ccc(S(=O)(=O)N2CCCCC2)s1)c1nc2ccccc2[nH]1. The highest BCUT2D eigenvalue weighted by Crippen LogP contribution is 2.28. The van der Waals surface area contributed by atoms with E-state index in [9.17, 15) is 13.2 Å². The molecule has 3 heterocycles. The molecular formula is C22H28N4O3S2. The lowest BCUT2D eigenvalue weighted by atomic mass is 10.0. The zero-order valence-corrected chi connectivity index (χ0v) is 19.4. The van der Waals surface area contributed by atoms with Crippen LogP contribution in [-0.4, -0.2) is 41.7 Å². The molecule has 1 saturated heterocycles. The van der Waals surface area contributed by atoms with Crippen LogP contribution in [-0.2, 0) is 21.2 Å². The topological polar surface area (TPSA) is 95.2 Å². The van der Waals surface area contributed by atoms with Gasteiger partial charge >= 0.3 is 0 Å². The van der Waals surface area contributed by atoms with Crippen molar-refractivity contribution in [3.05, 3.63) is 47.1 Å². The summed E-state index contributed by atoms with van der Waals surface area (Å²) < 4.78 is 27.6. The molecule has 0 aliphatic carbocycles. The number of imidazole rings is 1. The maximum absolute atomic E-state index is 12.8. The summed E-state index contributed by atoms with van der Waals surface area (Å²) in [5.41, 5.74) is 1.80. The molecule has 1 aliphatic heterocycles. The van der Waals surface area contributed by atoms with E-state index < -0.39 is 10.0 Å². The highest BCUT2D eigenvalue weighted by molar-refractivity contribution is 7.91. The van der Waals surface area contributed by atoms with Crippen molar-refractivity contribution in [2.75, 3.05) is 13.1 Å². The van der Waals surface area contributed by atoms with Gasteiger partial charge in [0.2, 0.25) is 5.91 Å². The standard InChI is InChI=1S/C22H28N4O3S2/c1-15(2)21(22-23-17-8-4-5-9-18(17)24-22)25-19(27)14-16-10-11-20(30-16)31(28,29)26-12-6-3-7-13-26/h4-5,8-11,15,21H,3,6-7,12-14H2,1-2H3,(H,23,24)(H,25,27). The molecule has 1 atom stereocenters. The van der Waals surface area contributed by atoms with Gasteiger partial charge in [0.15, 0.2) is 0 Å². The Morgan fingerprint density at radius 2 is 1.90 bits per heavy atom. The molecule has 1 fully saturated rings. The zero-order chi connectivity index (χ0) is 22.0. The number of hydrogen-bond acceptors (Lipinski definition) is 5. The summed E-state index contributed by atoms with van der Waals surface area (Å²) >= 11 is 1.18. The van der Waals surface area contributed by atoms with Crippen LogP contribution in [0.4, 0.5) is 0 Å². The molecule has 1 amide bonds. The Labute approximate surface area is 186 Å². The molecule has 31 heavy (non-hydrogen) atoms. The number of para-hydroxylation sites is 2. The van der Waals surface area contributed by atoms with Gasteiger partial charge in [-0.25, -0.2) is 13.4 Å². The number of aromatic nitrogens is 2. The van der Waals surface area contributed by atoms with Crippen LogP contribution in [0.1, 0.15) is 49.9 Å². The fourth-order valence-corrected chi connectivity index (χ4v) is 6.90. The number of benzene rings is 1. The van der Waals surface area contributed by atoms with Gasteiger partial charge in [0, 0.05) is 18.0 Å². The van der Waals surface area contributed by atoms with E-state index in [2.05, 4.69) is 15.3 Å². The minimum atomic E-state index is -3.47. The van der Waals surface area contributed by atoms with E-state index in [4.69, 9.17) is 0 Å². The molecule has 4 rings (SSSR count). The summed E-state index contributed by atoms with van der Waals surface area (Å²) in [6.45, 7) is 5.21. The van der Waals surface area contributed by atoms with E-state index in [0.29, 0.717) is 17.3 Å². The van der Waals surface area contributed by atoms with Crippen LogP contribution >= 0.6 is 11.3 Å². The lowest BCUT2D eigenvalue weighted by Crippen LogP contribution is -2.35. The Morgan fingerprint density at radius 1 is 1.16 bits per heavy atom. The van der Waals surface area contributed by atoms with Gasteiger partial charge < -0.3 is 10.3 Å². The normalized spacial score (nSPS) is 16.6. The summed E-state index contributed by atoms with van der Waals surface area (Å²) in [5, 5.41) is 3.07. The van der Waals surface area contributed by atoms with Crippen molar-refractivity contribution in [3.8, 4) is 0 Å². The van der Waals surface area contributed by atoms with Crippen LogP contribution in [0.2, 0.25) is 0 Å². The van der Waals surface area contributed by atoms with Crippen molar-refractivity contribution in [3.63, 3.8) is 0 Å². The first kappa shape index (κ1) is 22.0. The van der Waals surface area contributed by atoms with Crippen LogP contribution in [0.25, 0.3) is 11.0 Å². The monoisotopic (exact) mass is 460 g/mol. The maximum atomic E-state index is 12.8. The summed E-state index contributed by atoms with van der Waals surface area (Å²) in [5.74, 6) is 0.718. The Morgan fingerprint density at radius 3 is 2.61 bits per heavy atom. The van der Waals surface area contributed by atoms with Crippen LogP contribution in [0.5, 0.6) is 0 Å². The van der Waals surface area contributed by atoms with Gasteiger partial charge in [-0.2, -0.15) is 4.31 Å². The number of carbonyl (C=O) groups is 1. The smallest absolute Gasteiger partial charge is 0.252 e. The summed E-state index contributed by atoms with van der Waals surface area (Å²) in [4.78, 5) is 21.4. The number of aromatic amines is 1. The van der Waals surface area contributed by atoms with Crippen LogP contribution in [0, 0.1) is 5.92 Å². The maximum Gasteiger partial charge on any atom is 0.252 e. The van der Waals surface area contributed by atoms with Crippen LogP contribution in [0.15, 0.2) is 40.6 Å². The van der Waals surface area contributed by atoms with Gasteiger partial charge in [-0.05, 0) is 43.0 Å². The minimum absolute atomic E-state index is 0.142. The first-order chi connectivity index (χ1) is 14.8. The number of sulfonamides is 1. The molecule has 166 valence electrons. The van der Waals surface area contributed by atoms with E-state index in [0.717, 1.165) is 41.0 Å². The quantitative estimate of drug-likeness (QED) is 0.560. The average molecular weight is 461 g/mol. The number of nitrogens with zero attached hydrogens (tertiary/aromatic N) is 2. The Kier molecular flexibility index (Phi) is 6.45. The van der Waals surface area contributed by atoms with Gasteiger partial charge in [0.25, 0.3) is 10.0 Å². The number of carbonyl (C=O) groups excluding carboxylic acids is 1. The first-order valence-corrected chi connectivity index (χ1v) is 12.9. The molecule has 7 nitrogen and oxygen atoms in total. The molecule has 1 aliphatic rings. The van der Waals surface area contributed by atoms with Gasteiger partial charge in [-0.15, -0.1) is 11.3 Å². The van der Waals surface area contributed by atoms with Crippen LogP contribution < -0.4 is 5.32 Å². The first-order valence-electron chi connectivity index (χ1n) is 10.7. The fourth-order valence-electron chi connectivity index (χ4n) is 3.88. The van der Waals surface area contributed by atoms with Crippen molar-refractivity contribution in [2.45, 2.75) is 49.8 Å². The molecule has 0 radical (unpaired) electrons. The average Bonchev–Trinajstić information content (AvgIpc) is 3.39. The number of fused-ring (bicyclic) bond motifs is 1. The number of thiophene rings is 1. The van der Waals surface area contributed by atoms with E-state index in [1.54, 1.807) is 16.4 Å². The number of hydrogen-bond donors (Lipinski definition) is 2. The van der Waals surface area contributed by atoms with Gasteiger partial charge in [-0.3, -0.25) is 4.79 Å². The summed E-state index contributed by atoms with van der Waals surface area (Å²) in [6.07, 6.45) is 3.02. The molecule has 1 unspecified atom stereocenters. The second-order valence-corrected chi connectivity index (χ2v) is 11.6. The number of amides is 1. The molecule has 9 heteroatoms. The second kappa shape index (κ2) is 9.10. The number of rotatable bonds is 7. The summed E-state index contributed by atoms with van der Waals surface area (Å²) in [7, 11) is -3.47. The highest BCUT2D eigenvalue weighted by atomic mass is 32.2. The molecule has 0 spiro atoms. The minimum Gasteiger partial charge on any atom is -0.346 e. The number of nitrogens with one attached hydrogen (secondary N) is 2. The van der Waals surface area contributed by atoms with Gasteiger partial charge in [-0.1, -0.05) is 32.4 Å². The van der Waals surface area contributed by atoms with Crippen molar-refractivity contribution >= 4 is 38.3 Å². The second-order valence-electron chi connectivity index (χ2n) is 8.29. The lowest BCUT2D eigenvalue weighted by molar-refractivity contribution is -0.121. The van der Waals surface area contributed by atoms with Gasteiger partial charge in [0.05, 0.1) is 23.5 Å². The van der Waals surface area contributed by atoms with E-state index in [-0.39, 0.29) is 24.3 Å². The lowest BCUT2D eigenvalue weighted by Gasteiger charge is -2.25. The third-order valence-electron chi connectivity index (χ3n) is 5.57. The van der Waals surface area contributed by atoms with Gasteiger partial charge in [0.1, 0.15) is 10.0 Å². The molecule has 2 aromatic heterocycles. The summed E-state index contributed by atoms with van der Waals surface area (Å²) in [6, 6.07) is 10.9. The Balaban J connectivity index is 1.45. The Bertz CT molecular complexity index is 1130. The Hall–Kier alpha value is -2.23. The molecule has 3 aromatic rings. The molecule has 0 saturated carbocycles. The predicted molar refractivity (Wildman–Crippen MR) is 122 cm³/mol. The zero-order valence-electron chi connectivity index (χ0n) is 17.8. The number of H-pyrrole nitrogens is 1. The van der Waals surface area contributed by atoms with Crippen molar-refractivity contribution < 1.29 is 13.2 Å². The predicted octanol–water partition coefficient (Wildman–Crippen LogP) is 3.86.